The van der Waals surface area contributed by atoms with E-state index >= 15 is 0 Å². The summed E-state index contributed by atoms with van der Waals surface area (Å²) in [5.74, 6) is 0.252. The van der Waals surface area contributed by atoms with Crippen molar-refractivity contribution in [3.05, 3.63) is 46.9 Å². The summed E-state index contributed by atoms with van der Waals surface area (Å²) in [6.07, 6.45) is 0. The second-order valence-electron chi connectivity index (χ2n) is 3.28. The molecule has 0 radical (unpaired) electrons. The molecule has 0 saturated heterocycles. The molecule has 0 aromatic heterocycles. The number of nitrogens with two attached hydrogens (primary N) is 1. The second kappa shape index (κ2) is 4.80. The molecule has 0 aliphatic carbocycles. The summed E-state index contributed by atoms with van der Waals surface area (Å²) < 4.78 is 0.702. The first-order valence-corrected chi connectivity index (χ1v) is 6.28. The van der Waals surface area contributed by atoms with Crippen molar-refractivity contribution < 1.29 is 5.11 Å². The Morgan fingerprint density at radius 2 is 1.62 bits per heavy atom. The molecule has 2 rings (SSSR count). The molecule has 3 N–H and O–H groups in total. The lowest BCUT2D eigenvalue weighted by Gasteiger charge is -2.03. The van der Waals surface area contributed by atoms with E-state index in [1.807, 2.05) is 36.4 Å². The van der Waals surface area contributed by atoms with Crippen molar-refractivity contribution in [3.8, 4) is 5.75 Å². The molecule has 0 atom stereocenters. The van der Waals surface area contributed by atoms with Crippen LogP contribution in [0.4, 0.5) is 5.69 Å². The molecule has 0 saturated carbocycles. The third-order valence-electron chi connectivity index (χ3n) is 2.03. The van der Waals surface area contributed by atoms with Crippen LogP contribution in [0.25, 0.3) is 0 Å². The number of phenols is 1. The van der Waals surface area contributed by atoms with Crippen molar-refractivity contribution in [1.29, 1.82) is 0 Å². The quantitative estimate of drug-likeness (QED) is 0.826. The number of phenolic OH excluding ortho intramolecular Hbond substituents is 1. The van der Waals surface area contributed by atoms with Crippen LogP contribution >= 0.6 is 27.7 Å². The minimum Gasteiger partial charge on any atom is -0.507 e. The lowest BCUT2D eigenvalue weighted by Crippen LogP contribution is -1.82. The van der Waals surface area contributed by atoms with E-state index in [4.69, 9.17) is 5.73 Å². The first-order valence-electron chi connectivity index (χ1n) is 4.67. The zero-order valence-electron chi connectivity index (χ0n) is 8.35. The van der Waals surface area contributed by atoms with Crippen LogP contribution in [0, 0.1) is 0 Å². The Morgan fingerprint density at radius 1 is 1.00 bits per heavy atom. The highest BCUT2D eigenvalue weighted by Gasteiger charge is 2.01. The Balaban J connectivity index is 2.20. The molecule has 2 aromatic carbocycles. The van der Waals surface area contributed by atoms with Gasteiger partial charge in [-0.15, -0.1) is 0 Å². The van der Waals surface area contributed by atoms with E-state index in [9.17, 15) is 5.11 Å². The Labute approximate surface area is 107 Å². The number of hydrogen-bond donors (Lipinski definition) is 2. The number of benzene rings is 2. The van der Waals surface area contributed by atoms with Crippen molar-refractivity contribution in [1.82, 2.24) is 0 Å². The van der Waals surface area contributed by atoms with Gasteiger partial charge in [0.1, 0.15) is 5.75 Å². The molecule has 0 bridgehead atoms. The maximum absolute atomic E-state index is 9.37. The van der Waals surface area contributed by atoms with Crippen molar-refractivity contribution in [2.45, 2.75) is 9.79 Å². The molecule has 0 fully saturated rings. The highest BCUT2D eigenvalue weighted by Crippen LogP contribution is 2.33. The number of hydrogen-bond acceptors (Lipinski definition) is 3. The van der Waals surface area contributed by atoms with Crippen molar-refractivity contribution in [2.24, 2.45) is 0 Å². The van der Waals surface area contributed by atoms with Gasteiger partial charge in [-0.1, -0.05) is 11.8 Å². The van der Waals surface area contributed by atoms with E-state index in [0.29, 0.717) is 4.47 Å². The van der Waals surface area contributed by atoms with Crippen LogP contribution in [0.5, 0.6) is 5.75 Å². The molecular weight excluding hydrogens is 286 g/mol. The summed E-state index contributed by atoms with van der Waals surface area (Å²) in [4.78, 5) is 2.18. The molecule has 0 amide bonds. The third kappa shape index (κ3) is 2.71. The van der Waals surface area contributed by atoms with Gasteiger partial charge in [0.05, 0.1) is 4.47 Å². The fourth-order valence-corrected chi connectivity index (χ4v) is 2.61. The van der Waals surface area contributed by atoms with Crippen LogP contribution in [-0.2, 0) is 0 Å². The standard InChI is InChI=1S/C12H10BrNOS/c13-11-7-10(5-6-12(11)15)16-9-3-1-8(14)2-4-9/h1-7,15H,14H2. The third-order valence-corrected chi connectivity index (χ3v) is 3.67. The molecule has 0 unspecified atom stereocenters. The molecule has 16 heavy (non-hydrogen) atoms. The topological polar surface area (TPSA) is 46.2 Å². The summed E-state index contributed by atoms with van der Waals surface area (Å²) in [7, 11) is 0. The summed E-state index contributed by atoms with van der Waals surface area (Å²) in [5, 5.41) is 9.37. The summed E-state index contributed by atoms with van der Waals surface area (Å²) >= 11 is 4.91. The zero-order valence-corrected chi connectivity index (χ0v) is 10.8. The minimum atomic E-state index is 0.252. The van der Waals surface area contributed by atoms with Gasteiger partial charge in [-0.05, 0) is 58.4 Å². The van der Waals surface area contributed by atoms with Crippen LogP contribution in [0.3, 0.4) is 0 Å². The summed E-state index contributed by atoms with van der Waals surface area (Å²) in [5.41, 5.74) is 6.37. The highest BCUT2D eigenvalue weighted by atomic mass is 79.9. The Bertz CT molecular complexity index is 499. The van der Waals surface area contributed by atoms with E-state index < -0.39 is 0 Å². The second-order valence-corrected chi connectivity index (χ2v) is 5.29. The average Bonchev–Trinajstić information content (AvgIpc) is 2.27. The predicted molar refractivity (Wildman–Crippen MR) is 70.8 cm³/mol. The van der Waals surface area contributed by atoms with Crippen LogP contribution < -0.4 is 5.73 Å². The average molecular weight is 296 g/mol. The largest absolute Gasteiger partial charge is 0.507 e. The van der Waals surface area contributed by atoms with Gasteiger partial charge < -0.3 is 10.8 Å². The SMILES string of the molecule is Nc1ccc(Sc2ccc(O)c(Br)c2)cc1. The molecule has 0 heterocycles. The predicted octanol–water partition coefficient (Wildman–Crippen LogP) is 3.89. The van der Waals surface area contributed by atoms with Gasteiger partial charge in [-0.2, -0.15) is 0 Å². The number of rotatable bonds is 2. The Hall–Kier alpha value is -1.13. The van der Waals surface area contributed by atoms with E-state index in [1.165, 1.54) is 0 Å². The van der Waals surface area contributed by atoms with Crippen LogP contribution in [0.15, 0.2) is 56.7 Å². The van der Waals surface area contributed by atoms with Gasteiger partial charge in [-0.25, -0.2) is 0 Å². The van der Waals surface area contributed by atoms with Crippen molar-refractivity contribution >= 4 is 33.4 Å². The molecule has 2 nitrogen and oxygen atoms in total. The van der Waals surface area contributed by atoms with Gasteiger partial charge in [0.15, 0.2) is 0 Å². The summed E-state index contributed by atoms with van der Waals surface area (Å²) in [6.45, 7) is 0. The number of halogens is 1. The number of anilines is 1. The van der Waals surface area contributed by atoms with Gasteiger partial charge in [0.2, 0.25) is 0 Å². The Kier molecular flexibility index (Phi) is 3.41. The van der Waals surface area contributed by atoms with E-state index in [0.717, 1.165) is 15.5 Å². The van der Waals surface area contributed by atoms with E-state index in [2.05, 4.69) is 15.9 Å². The first kappa shape index (κ1) is 11.4. The first-order chi connectivity index (χ1) is 7.65. The smallest absolute Gasteiger partial charge is 0.129 e. The van der Waals surface area contributed by atoms with Gasteiger partial charge >= 0.3 is 0 Å². The zero-order chi connectivity index (χ0) is 11.5. The van der Waals surface area contributed by atoms with E-state index in [1.54, 1.807) is 17.8 Å². The maximum atomic E-state index is 9.37. The molecule has 0 spiro atoms. The Morgan fingerprint density at radius 3 is 2.25 bits per heavy atom. The molecule has 2 aromatic rings. The minimum absolute atomic E-state index is 0.252. The van der Waals surface area contributed by atoms with Gasteiger partial charge in [-0.3, -0.25) is 0 Å². The van der Waals surface area contributed by atoms with Crippen LogP contribution in [-0.4, -0.2) is 5.11 Å². The summed E-state index contributed by atoms with van der Waals surface area (Å²) in [6, 6.07) is 13.1. The number of aromatic hydroxyl groups is 1. The fraction of sp³-hybridized carbons (Fsp3) is 0. The molecule has 4 heteroatoms. The van der Waals surface area contributed by atoms with Crippen LogP contribution in [0.1, 0.15) is 0 Å². The van der Waals surface area contributed by atoms with Gasteiger partial charge in [0, 0.05) is 15.5 Å². The van der Waals surface area contributed by atoms with Crippen LogP contribution in [0.2, 0.25) is 0 Å². The lowest BCUT2D eigenvalue weighted by molar-refractivity contribution is 0.471. The van der Waals surface area contributed by atoms with E-state index in [-0.39, 0.29) is 5.75 Å². The highest BCUT2D eigenvalue weighted by molar-refractivity contribution is 9.10. The molecule has 0 aliphatic rings. The van der Waals surface area contributed by atoms with Crippen molar-refractivity contribution in [2.75, 3.05) is 5.73 Å². The molecule has 82 valence electrons. The van der Waals surface area contributed by atoms with Crippen molar-refractivity contribution in [3.63, 3.8) is 0 Å². The maximum Gasteiger partial charge on any atom is 0.129 e. The lowest BCUT2D eigenvalue weighted by atomic mass is 10.3. The monoisotopic (exact) mass is 295 g/mol. The molecular formula is C12H10BrNOS. The molecule has 0 aliphatic heterocycles. The fourth-order valence-electron chi connectivity index (χ4n) is 1.22. The number of nitrogen functional groups attached to an aromatic ring is 1. The normalized spacial score (nSPS) is 10.3. The van der Waals surface area contributed by atoms with Gasteiger partial charge in [0.25, 0.3) is 0 Å².